The van der Waals surface area contributed by atoms with Crippen molar-refractivity contribution >= 4 is 23.5 Å². The Morgan fingerprint density at radius 3 is 2.69 bits per heavy atom. The van der Waals surface area contributed by atoms with Crippen LogP contribution in [0.2, 0.25) is 0 Å². The molecule has 1 aliphatic heterocycles. The van der Waals surface area contributed by atoms with E-state index in [0.29, 0.717) is 29.4 Å². The summed E-state index contributed by atoms with van der Waals surface area (Å²) >= 11 is 0. The highest BCUT2D eigenvalue weighted by molar-refractivity contribution is 5.99. The topological polar surface area (TPSA) is 105 Å². The van der Waals surface area contributed by atoms with Gasteiger partial charge in [-0.3, -0.25) is 4.79 Å². The van der Waals surface area contributed by atoms with E-state index < -0.39 is 34.8 Å². The molecular weight excluding hydrogens is 472 g/mol. The molecule has 2 aromatic carbocycles. The summed E-state index contributed by atoms with van der Waals surface area (Å²) in [4.78, 5) is 32.9. The summed E-state index contributed by atoms with van der Waals surface area (Å²) in [5, 5.41) is 11.7. The number of methoxy groups -OCH3 is 1. The third-order valence-corrected chi connectivity index (χ3v) is 5.50. The summed E-state index contributed by atoms with van der Waals surface area (Å²) in [5.41, 5.74) is -0.793. The molecule has 3 aromatic rings. The average Bonchev–Trinajstić information content (AvgIpc) is 3.07. The van der Waals surface area contributed by atoms with E-state index in [4.69, 9.17) is 9.84 Å². The second-order valence-corrected chi connectivity index (χ2v) is 7.80. The number of carboxylic acid groups (broad SMARTS) is 1. The van der Waals surface area contributed by atoms with Crippen molar-refractivity contribution in [1.29, 1.82) is 0 Å². The van der Waals surface area contributed by atoms with E-state index in [0.717, 1.165) is 12.1 Å². The number of benzene rings is 2. The number of fused-ring (bicyclic) bond motifs is 1. The molecule has 12 heteroatoms. The van der Waals surface area contributed by atoms with Gasteiger partial charge < -0.3 is 20.1 Å². The molecule has 182 valence electrons. The van der Waals surface area contributed by atoms with E-state index in [-0.39, 0.29) is 29.7 Å². The normalized spacial score (nSPS) is 13.1. The molecule has 0 bridgehead atoms. The van der Waals surface area contributed by atoms with Crippen LogP contribution in [-0.4, -0.2) is 46.0 Å². The molecule has 0 atom stereocenters. The van der Waals surface area contributed by atoms with Crippen LogP contribution in [0.5, 0.6) is 5.75 Å². The molecule has 0 spiro atoms. The number of halogens is 4. The quantitative estimate of drug-likeness (QED) is 0.498. The second kappa shape index (κ2) is 8.85. The standard InChI is InChI=1S/C23H18F4N4O4/c1-31-10-12-5-3-4-11(19(12)20(31)32)6-16-14(23(25,26)27)9-28-22(29-16)30-17-8-15(24)13(21(33)34)7-18(17)35-2/h3-5,7-9H,6,10H2,1-2H3,(H,33,34)(H,28,29,30). The van der Waals surface area contributed by atoms with Gasteiger partial charge in [-0.1, -0.05) is 18.2 Å². The maximum Gasteiger partial charge on any atom is 0.419 e. The maximum atomic E-state index is 14.2. The highest BCUT2D eigenvalue weighted by atomic mass is 19.4. The van der Waals surface area contributed by atoms with Crippen molar-refractivity contribution < 1.29 is 37.0 Å². The Hall–Kier alpha value is -4.22. The van der Waals surface area contributed by atoms with Gasteiger partial charge in [0.2, 0.25) is 5.95 Å². The van der Waals surface area contributed by atoms with Crippen LogP contribution >= 0.6 is 0 Å². The van der Waals surface area contributed by atoms with Crippen LogP contribution in [0, 0.1) is 5.82 Å². The summed E-state index contributed by atoms with van der Waals surface area (Å²) in [5.74, 6) is -3.28. The fraction of sp³-hybridized carbons (Fsp3) is 0.217. The predicted octanol–water partition coefficient (Wildman–Crippen LogP) is 4.26. The number of nitrogens with one attached hydrogen (secondary N) is 1. The van der Waals surface area contributed by atoms with Crippen LogP contribution in [0.15, 0.2) is 36.5 Å². The number of aromatic carboxylic acids is 1. The number of carboxylic acids is 1. The van der Waals surface area contributed by atoms with Crippen molar-refractivity contribution in [3.05, 3.63) is 75.9 Å². The number of anilines is 2. The Kier molecular flexibility index (Phi) is 6.05. The Labute approximate surface area is 196 Å². The first-order valence-electron chi connectivity index (χ1n) is 10.2. The van der Waals surface area contributed by atoms with Gasteiger partial charge >= 0.3 is 12.1 Å². The van der Waals surface area contributed by atoms with Gasteiger partial charge in [-0.2, -0.15) is 13.2 Å². The van der Waals surface area contributed by atoms with Crippen molar-refractivity contribution in [3.8, 4) is 5.75 Å². The van der Waals surface area contributed by atoms with Gasteiger partial charge in [-0.05, 0) is 17.2 Å². The van der Waals surface area contributed by atoms with E-state index in [1.54, 1.807) is 25.2 Å². The highest BCUT2D eigenvalue weighted by Gasteiger charge is 2.36. The van der Waals surface area contributed by atoms with E-state index >= 15 is 0 Å². The molecule has 0 unspecified atom stereocenters. The molecule has 2 heterocycles. The molecule has 0 aliphatic carbocycles. The monoisotopic (exact) mass is 490 g/mol. The zero-order chi connectivity index (χ0) is 25.5. The molecule has 0 saturated carbocycles. The van der Waals surface area contributed by atoms with Crippen LogP contribution in [0.25, 0.3) is 0 Å². The van der Waals surface area contributed by atoms with Gasteiger partial charge in [-0.25, -0.2) is 19.2 Å². The smallest absolute Gasteiger partial charge is 0.419 e. The number of carbonyl (C=O) groups excluding carboxylic acids is 1. The number of rotatable bonds is 6. The van der Waals surface area contributed by atoms with Crippen LogP contribution in [0.1, 0.15) is 43.1 Å². The molecule has 1 aromatic heterocycles. The number of hydrogen-bond donors (Lipinski definition) is 2. The van der Waals surface area contributed by atoms with Gasteiger partial charge in [0.1, 0.15) is 11.6 Å². The third kappa shape index (κ3) is 4.59. The number of ether oxygens (including phenoxy) is 1. The third-order valence-electron chi connectivity index (χ3n) is 5.50. The molecule has 0 radical (unpaired) electrons. The van der Waals surface area contributed by atoms with Crippen molar-refractivity contribution in [3.63, 3.8) is 0 Å². The summed E-state index contributed by atoms with van der Waals surface area (Å²) in [6, 6.07) is 6.71. The average molecular weight is 490 g/mol. The number of amides is 1. The minimum atomic E-state index is -4.76. The lowest BCUT2D eigenvalue weighted by atomic mass is 9.97. The van der Waals surface area contributed by atoms with E-state index in [9.17, 15) is 27.2 Å². The maximum absolute atomic E-state index is 14.2. The summed E-state index contributed by atoms with van der Waals surface area (Å²) in [6.45, 7) is 0.350. The molecule has 8 nitrogen and oxygen atoms in total. The van der Waals surface area contributed by atoms with E-state index in [1.807, 2.05) is 0 Å². The van der Waals surface area contributed by atoms with Crippen LogP contribution in [0.3, 0.4) is 0 Å². The molecule has 2 N–H and O–H groups in total. The number of hydrogen-bond acceptors (Lipinski definition) is 6. The second-order valence-electron chi connectivity index (χ2n) is 7.80. The van der Waals surface area contributed by atoms with Gasteiger partial charge in [-0.15, -0.1) is 0 Å². The fourth-order valence-corrected chi connectivity index (χ4v) is 3.86. The first-order chi connectivity index (χ1) is 16.5. The minimum absolute atomic E-state index is 0.0802. The molecule has 1 aliphatic rings. The SMILES string of the molecule is COc1cc(C(=O)O)c(F)cc1Nc1ncc(C(F)(F)F)c(Cc2cccc3c2C(=O)N(C)C3)n1. The van der Waals surface area contributed by atoms with Crippen molar-refractivity contribution in [2.45, 2.75) is 19.1 Å². The van der Waals surface area contributed by atoms with Crippen LogP contribution < -0.4 is 10.1 Å². The van der Waals surface area contributed by atoms with Crippen molar-refractivity contribution in [1.82, 2.24) is 14.9 Å². The van der Waals surface area contributed by atoms with E-state index in [2.05, 4.69) is 15.3 Å². The van der Waals surface area contributed by atoms with Gasteiger partial charge in [0.05, 0.1) is 29.6 Å². The fourth-order valence-electron chi connectivity index (χ4n) is 3.86. The molecular formula is C23H18F4N4O4. The summed E-state index contributed by atoms with van der Waals surface area (Å²) < 4.78 is 60.4. The Morgan fingerprint density at radius 1 is 1.29 bits per heavy atom. The Balaban J connectivity index is 1.75. The molecule has 1 amide bonds. The summed E-state index contributed by atoms with van der Waals surface area (Å²) in [7, 11) is 2.81. The highest BCUT2D eigenvalue weighted by Crippen LogP contribution is 2.35. The van der Waals surface area contributed by atoms with Gasteiger partial charge in [0.25, 0.3) is 5.91 Å². The van der Waals surface area contributed by atoms with Gasteiger partial charge in [0.15, 0.2) is 0 Å². The Morgan fingerprint density at radius 2 is 2.03 bits per heavy atom. The van der Waals surface area contributed by atoms with Gasteiger partial charge in [0, 0.05) is 37.8 Å². The number of carbonyl (C=O) groups is 2. The van der Waals surface area contributed by atoms with Crippen LogP contribution in [-0.2, 0) is 19.1 Å². The predicted molar refractivity (Wildman–Crippen MR) is 115 cm³/mol. The number of nitrogens with zero attached hydrogens (tertiary/aromatic N) is 3. The number of aromatic nitrogens is 2. The van der Waals surface area contributed by atoms with E-state index in [1.165, 1.54) is 12.0 Å². The first kappa shape index (κ1) is 23.9. The zero-order valence-electron chi connectivity index (χ0n) is 18.4. The lowest BCUT2D eigenvalue weighted by Gasteiger charge is -2.16. The lowest BCUT2D eigenvalue weighted by Crippen LogP contribution is -2.19. The Bertz CT molecular complexity index is 1340. The first-order valence-corrected chi connectivity index (χ1v) is 10.2. The summed E-state index contributed by atoms with van der Waals surface area (Å²) in [6.07, 6.45) is -4.48. The van der Waals surface area contributed by atoms with Crippen molar-refractivity contribution in [2.24, 2.45) is 0 Å². The molecule has 35 heavy (non-hydrogen) atoms. The lowest BCUT2D eigenvalue weighted by molar-refractivity contribution is -0.138. The van der Waals surface area contributed by atoms with Crippen molar-refractivity contribution in [2.75, 3.05) is 19.5 Å². The molecule has 4 rings (SSSR count). The number of alkyl halides is 3. The largest absolute Gasteiger partial charge is 0.495 e. The molecule has 0 fully saturated rings. The minimum Gasteiger partial charge on any atom is -0.495 e. The zero-order valence-corrected chi connectivity index (χ0v) is 18.4. The molecule has 0 saturated heterocycles. The van der Waals surface area contributed by atoms with Crippen LogP contribution in [0.4, 0.5) is 29.2 Å².